The maximum absolute atomic E-state index is 12.6. The average molecular weight is 484 g/mol. The van der Waals surface area contributed by atoms with Crippen LogP contribution in [0.1, 0.15) is 46.5 Å². The molecule has 0 aliphatic heterocycles. The molecule has 1 heterocycles. The number of nitrogens with one attached hydrogen (secondary N) is 2. The van der Waals surface area contributed by atoms with E-state index in [-0.39, 0.29) is 17.6 Å². The van der Waals surface area contributed by atoms with Crippen molar-refractivity contribution in [2.24, 2.45) is 0 Å². The number of benzene rings is 2. The van der Waals surface area contributed by atoms with E-state index in [1.165, 1.54) is 11.3 Å². The summed E-state index contributed by atoms with van der Waals surface area (Å²) in [5.74, 6) is -1.48. The van der Waals surface area contributed by atoms with E-state index in [0.29, 0.717) is 21.3 Å². The van der Waals surface area contributed by atoms with E-state index in [4.69, 9.17) is 16.3 Å². The second-order valence-electron chi connectivity index (χ2n) is 7.67. The second-order valence-corrected chi connectivity index (χ2v) is 8.97. The Morgan fingerprint density at radius 2 is 1.88 bits per heavy atom. The van der Waals surface area contributed by atoms with Crippen LogP contribution < -0.4 is 10.6 Å². The highest BCUT2D eigenvalue weighted by Gasteiger charge is 2.21. The fraction of sp³-hybridized carbons (Fsp3) is 0.250. The highest BCUT2D eigenvalue weighted by molar-refractivity contribution is 7.13. The summed E-state index contributed by atoms with van der Waals surface area (Å²) in [5.41, 5.74) is 1.64. The van der Waals surface area contributed by atoms with Gasteiger partial charge >= 0.3 is 5.97 Å². The zero-order valence-corrected chi connectivity index (χ0v) is 19.2. The van der Waals surface area contributed by atoms with E-state index in [1.54, 1.807) is 47.8 Å². The molecule has 1 aromatic heterocycles. The van der Waals surface area contributed by atoms with Gasteiger partial charge in [0.25, 0.3) is 11.8 Å². The molecule has 170 valence electrons. The maximum Gasteiger partial charge on any atom is 0.358 e. The molecule has 9 heteroatoms. The zero-order chi connectivity index (χ0) is 23.2. The predicted molar refractivity (Wildman–Crippen MR) is 128 cm³/mol. The van der Waals surface area contributed by atoms with Crippen molar-refractivity contribution < 1.29 is 19.1 Å². The first-order chi connectivity index (χ1) is 16.0. The van der Waals surface area contributed by atoms with Gasteiger partial charge in [-0.25, -0.2) is 9.78 Å². The van der Waals surface area contributed by atoms with Gasteiger partial charge in [-0.15, -0.1) is 11.3 Å². The molecule has 0 bridgehead atoms. The number of anilines is 1. The number of aromatic nitrogens is 1. The topological polar surface area (TPSA) is 97.4 Å². The van der Waals surface area contributed by atoms with Gasteiger partial charge in [0.2, 0.25) is 0 Å². The third-order valence-corrected chi connectivity index (χ3v) is 6.38. The first kappa shape index (κ1) is 22.9. The molecular formula is C24H22ClN3O4S. The van der Waals surface area contributed by atoms with Crippen LogP contribution in [0.4, 0.5) is 5.69 Å². The van der Waals surface area contributed by atoms with Gasteiger partial charge in [-0.1, -0.05) is 48.7 Å². The highest BCUT2D eigenvalue weighted by atomic mass is 35.5. The predicted octanol–water partition coefficient (Wildman–Crippen LogP) is 4.93. The molecular weight excluding hydrogens is 462 g/mol. The second kappa shape index (κ2) is 10.6. The lowest BCUT2D eigenvalue weighted by Crippen LogP contribution is -2.33. The highest BCUT2D eigenvalue weighted by Crippen LogP contribution is 2.26. The lowest BCUT2D eigenvalue weighted by molar-refractivity contribution is -0.119. The molecule has 2 amide bonds. The SMILES string of the molecule is O=C(COC(=O)c1csc(-c2cccc(Cl)c2)n1)Nc1ccccc1C(=O)NC1CCCC1. The van der Waals surface area contributed by atoms with Crippen LogP contribution in [-0.4, -0.2) is 35.4 Å². The molecule has 1 saturated carbocycles. The fourth-order valence-electron chi connectivity index (χ4n) is 3.64. The number of carbonyl (C=O) groups is 3. The van der Waals surface area contributed by atoms with E-state index in [9.17, 15) is 14.4 Å². The van der Waals surface area contributed by atoms with Crippen molar-refractivity contribution in [3.8, 4) is 10.6 Å². The number of nitrogens with zero attached hydrogens (tertiary/aromatic N) is 1. The lowest BCUT2D eigenvalue weighted by Gasteiger charge is -2.15. The molecule has 3 aromatic rings. The number of thiazole rings is 1. The number of carbonyl (C=O) groups excluding carboxylic acids is 3. The normalized spacial score (nSPS) is 13.5. The molecule has 7 nitrogen and oxygen atoms in total. The number of rotatable bonds is 7. The Morgan fingerprint density at radius 3 is 2.67 bits per heavy atom. The van der Waals surface area contributed by atoms with Crippen LogP contribution in [0, 0.1) is 0 Å². The van der Waals surface area contributed by atoms with E-state index in [0.717, 1.165) is 31.2 Å². The Morgan fingerprint density at radius 1 is 1.09 bits per heavy atom. The van der Waals surface area contributed by atoms with E-state index >= 15 is 0 Å². The number of amides is 2. The summed E-state index contributed by atoms with van der Waals surface area (Å²) in [6, 6.07) is 14.1. The smallest absolute Gasteiger partial charge is 0.358 e. The first-order valence-electron chi connectivity index (χ1n) is 10.6. The number of halogens is 1. The zero-order valence-electron chi connectivity index (χ0n) is 17.7. The Kier molecular flexibility index (Phi) is 7.36. The van der Waals surface area contributed by atoms with Crippen molar-refractivity contribution in [1.29, 1.82) is 0 Å². The quantitative estimate of drug-likeness (QED) is 0.464. The molecule has 0 atom stereocenters. The van der Waals surface area contributed by atoms with Crippen molar-refractivity contribution in [3.05, 3.63) is 70.2 Å². The van der Waals surface area contributed by atoms with Crippen LogP contribution in [0.25, 0.3) is 10.6 Å². The largest absolute Gasteiger partial charge is 0.451 e. The molecule has 1 fully saturated rings. The van der Waals surface area contributed by atoms with Gasteiger partial charge in [-0.3, -0.25) is 9.59 Å². The van der Waals surface area contributed by atoms with Gasteiger partial charge in [-0.05, 0) is 37.1 Å². The van der Waals surface area contributed by atoms with Gasteiger partial charge in [0, 0.05) is 22.0 Å². The van der Waals surface area contributed by atoms with E-state index in [2.05, 4.69) is 15.6 Å². The van der Waals surface area contributed by atoms with Crippen molar-refractivity contribution in [1.82, 2.24) is 10.3 Å². The molecule has 0 radical (unpaired) electrons. The Bertz CT molecular complexity index is 1170. The number of hydrogen-bond acceptors (Lipinski definition) is 6. The van der Waals surface area contributed by atoms with Crippen molar-refractivity contribution in [2.45, 2.75) is 31.7 Å². The molecule has 2 aromatic carbocycles. The number of esters is 1. The van der Waals surface area contributed by atoms with Crippen LogP contribution in [0.2, 0.25) is 5.02 Å². The molecule has 1 aliphatic rings. The van der Waals surface area contributed by atoms with E-state index in [1.807, 2.05) is 6.07 Å². The third-order valence-electron chi connectivity index (χ3n) is 5.26. The minimum absolute atomic E-state index is 0.110. The first-order valence-corrected chi connectivity index (χ1v) is 11.8. The molecule has 4 rings (SSSR count). The van der Waals surface area contributed by atoms with Crippen molar-refractivity contribution >= 4 is 46.4 Å². The summed E-state index contributed by atoms with van der Waals surface area (Å²) >= 11 is 7.28. The van der Waals surface area contributed by atoms with Crippen LogP contribution in [0.5, 0.6) is 0 Å². The van der Waals surface area contributed by atoms with Crippen LogP contribution in [0.15, 0.2) is 53.9 Å². The standard InChI is InChI=1S/C24H22ClN3O4S/c25-16-7-5-6-15(12-16)23-28-20(14-33-23)24(31)32-13-21(29)27-19-11-4-3-10-18(19)22(30)26-17-8-1-2-9-17/h3-7,10-12,14,17H,1-2,8-9,13H2,(H,26,30)(H,27,29). The van der Waals surface area contributed by atoms with Gasteiger partial charge in [-0.2, -0.15) is 0 Å². The Hall–Kier alpha value is -3.23. The number of hydrogen-bond donors (Lipinski definition) is 2. The van der Waals surface area contributed by atoms with Crippen molar-refractivity contribution in [3.63, 3.8) is 0 Å². The molecule has 33 heavy (non-hydrogen) atoms. The maximum atomic E-state index is 12.6. The van der Waals surface area contributed by atoms with Crippen LogP contribution in [-0.2, 0) is 9.53 Å². The van der Waals surface area contributed by atoms with Crippen LogP contribution in [0.3, 0.4) is 0 Å². The van der Waals surface area contributed by atoms with Gasteiger partial charge in [0.1, 0.15) is 5.01 Å². The summed E-state index contributed by atoms with van der Waals surface area (Å²) in [5, 5.41) is 8.42. The summed E-state index contributed by atoms with van der Waals surface area (Å²) in [6.45, 7) is -0.499. The minimum atomic E-state index is -0.707. The van der Waals surface area contributed by atoms with Crippen molar-refractivity contribution in [2.75, 3.05) is 11.9 Å². The van der Waals surface area contributed by atoms with Gasteiger partial charge in [0.05, 0.1) is 11.3 Å². The number of para-hydroxylation sites is 1. The average Bonchev–Trinajstić information content (AvgIpc) is 3.50. The Labute approximate surface area is 200 Å². The molecule has 0 saturated heterocycles. The third kappa shape index (κ3) is 5.97. The van der Waals surface area contributed by atoms with Gasteiger partial charge in [0.15, 0.2) is 12.3 Å². The summed E-state index contributed by atoms with van der Waals surface area (Å²) < 4.78 is 5.11. The van der Waals surface area contributed by atoms with Gasteiger partial charge < -0.3 is 15.4 Å². The summed E-state index contributed by atoms with van der Waals surface area (Å²) in [4.78, 5) is 41.6. The summed E-state index contributed by atoms with van der Waals surface area (Å²) in [6.07, 6.45) is 4.14. The lowest BCUT2D eigenvalue weighted by atomic mass is 10.1. The summed E-state index contributed by atoms with van der Waals surface area (Å²) in [7, 11) is 0. The molecule has 0 unspecified atom stereocenters. The monoisotopic (exact) mass is 483 g/mol. The molecule has 1 aliphatic carbocycles. The minimum Gasteiger partial charge on any atom is -0.451 e. The Balaban J connectivity index is 1.33. The number of ether oxygens (including phenoxy) is 1. The molecule has 2 N–H and O–H groups in total. The van der Waals surface area contributed by atoms with Crippen LogP contribution >= 0.6 is 22.9 Å². The molecule has 0 spiro atoms. The fourth-order valence-corrected chi connectivity index (χ4v) is 4.61. The van der Waals surface area contributed by atoms with E-state index < -0.39 is 18.5 Å².